The Morgan fingerprint density at radius 3 is 2.35 bits per heavy atom. The van der Waals surface area contributed by atoms with E-state index in [0.717, 1.165) is 18.4 Å². The highest BCUT2D eigenvalue weighted by Gasteiger charge is 2.37. The lowest BCUT2D eigenvalue weighted by molar-refractivity contribution is -0.0734. The average Bonchev–Trinajstić information content (AvgIpc) is 2.47. The molecule has 0 radical (unpaired) electrons. The predicted octanol–water partition coefficient (Wildman–Crippen LogP) is 2.93. The second-order valence-electron chi connectivity index (χ2n) is 4.70. The van der Waals surface area contributed by atoms with Crippen molar-refractivity contribution in [3.8, 4) is 5.75 Å². The molecule has 1 aromatic rings. The van der Waals surface area contributed by atoms with E-state index in [-0.39, 0.29) is 11.8 Å². The number of hydrogen-bond acceptors (Lipinski definition) is 4. The molecule has 0 fully saturated rings. The number of nitrogens with one attached hydrogen (secondary N) is 1. The molecule has 0 amide bonds. The minimum atomic E-state index is -0.454. The summed E-state index contributed by atoms with van der Waals surface area (Å²) in [7, 11) is 1.44. The van der Waals surface area contributed by atoms with E-state index in [4.69, 9.17) is 15.3 Å². The summed E-state index contributed by atoms with van der Waals surface area (Å²) < 4.78 is 24.8. The summed E-state index contributed by atoms with van der Waals surface area (Å²) in [6.45, 7) is 6.62. The molecule has 3 N–H and O–H groups in total. The molecule has 1 unspecified atom stereocenters. The number of nitrogens with two attached hydrogens (primary N) is 1. The van der Waals surface area contributed by atoms with Crippen molar-refractivity contribution in [3.63, 3.8) is 0 Å². The molecule has 1 rings (SSSR count). The van der Waals surface area contributed by atoms with E-state index in [1.807, 2.05) is 26.8 Å². The first-order valence-corrected chi connectivity index (χ1v) is 7.02. The van der Waals surface area contributed by atoms with Gasteiger partial charge in [0.25, 0.3) is 0 Å². The lowest BCUT2D eigenvalue weighted by Gasteiger charge is -2.39. The number of benzene rings is 1. The van der Waals surface area contributed by atoms with Gasteiger partial charge in [-0.05, 0) is 37.5 Å². The van der Waals surface area contributed by atoms with Crippen molar-refractivity contribution in [2.45, 2.75) is 45.3 Å². The molecule has 0 aliphatic carbocycles. The number of rotatable bonds is 8. The van der Waals surface area contributed by atoms with E-state index in [1.54, 1.807) is 6.07 Å². The molecule has 0 spiro atoms. The molecule has 4 nitrogen and oxygen atoms in total. The van der Waals surface area contributed by atoms with E-state index in [2.05, 4.69) is 5.43 Å². The second-order valence-corrected chi connectivity index (χ2v) is 4.70. The maximum atomic E-state index is 13.9. The summed E-state index contributed by atoms with van der Waals surface area (Å²) in [6, 6.07) is 4.59. The van der Waals surface area contributed by atoms with Crippen molar-refractivity contribution in [1.29, 1.82) is 0 Å². The van der Waals surface area contributed by atoms with Gasteiger partial charge in [-0.15, -0.1) is 0 Å². The Balaban J connectivity index is 3.19. The molecule has 20 heavy (non-hydrogen) atoms. The Hall–Kier alpha value is -1.17. The van der Waals surface area contributed by atoms with Crippen LogP contribution in [0.15, 0.2) is 18.2 Å². The van der Waals surface area contributed by atoms with Crippen LogP contribution in [-0.4, -0.2) is 19.3 Å². The van der Waals surface area contributed by atoms with Crippen molar-refractivity contribution < 1.29 is 13.9 Å². The molecule has 0 saturated heterocycles. The normalized spacial score (nSPS) is 13.3. The van der Waals surface area contributed by atoms with Gasteiger partial charge in [-0.2, -0.15) is 0 Å². The molecule has 1 aromatic carbocycles. The molecule has 0 heterocycles. The van der Waals surface area contributed by atoms with Gasteiger partial charge in [-0.25, -0.2) is 4.39 Å². The maximum Gasteiger partial charge on any atom is 0.165 e. The van der Waals surface area contributed by atoms with Gasteiger partial charge >= 0.3 is 0 Å². The molecule has 1 atom stereocenters. The van der Waals surface area contributed by atoms with E-state index in [1.165, 1.54) is 13.2 Å². The summed E-state index contributed by atoms with van der Waals surface area (Å²) in [5, 5.41) is 0. The van der Waals surface area contributed by atoms with Crippen molar-refractivity contribution in [2.24, 2.45) is 5.84 Å². The Kier molecular flexibility index (Phi) is 6.39. The second kappa shape index (κ2) is 7.57. The molecular formula is C15H25FN2O2. The van der Waals surface area contributed by atoms with Crippen LogP contribution in [0.1, 0.15) is 45.2 Å². The topological polar surface area (TPSA) is 56.5 Å². The highest BCUT2D eigenvalue weighted by atomic mass is 19.1. The standard InChI is InChI=1S/C15H25FN2O2/c1-5-15(6-2,20-7-3)14(18-17)11-8-9-13(19-4)12(16)10-11/h8-10,14,18H,5-7,17H2,1-4H3. The zero-order valence-corrected chi connectivity index (χ0v) is 12.7. The Bertz CT molecular complexity index is 422. The third-order valence-electron chi connectivity index (χ3n) is 3.83. The molecule has 114 valence electrons. The molecule has 5 heteroatoms. The monoisotopic (exact) mass is 284 g/mol. The zero-order valence-electron chi connectivity index (χ0n) is 12.7. The first-order chi connectivity index (χ1) is 9.58. The minimum Gasteiger partial charge on any atom is -0.494 e. The zero-order chi connectivity index (χ0) is 15.2. The lowest BCUT2D eigenvalue weighted by Crippen LogP contribution is -2.48. The fourth-order valence-corrected chi connectivity index (χ4v) is 2.65. The number of ether oxygens (including phenoxy) is 2. The van der Waals surface area contributed by atoms with Crippen molar-refractivity contribution in [1.82, 2.24) is 5.43 Å². The van der Waals surface area contributed by atoms with E-state index >= 15 is 0 Å². The van der Waals surface area contributed by atoms with E-state index in [0.29, 0.717) is 6.61 Å². The van der Waals surface area contributed by atoms with Crippen LogP contribution in [0, 0.1) is 5.82 Å². The average molecular weight is 284 g/mol. The van der Waals surface area contributed by atoms with Gasteiger partial charge in [0.15, 0.2) is 11.6 Å². The van der Waals surface area contributed by atoms with Gasteiger partial charge < -0.3 is 9.47 Å². The summed E-state index contributed by atoms with van der Waals surface area (Å²) in [5.74, 6) is 5.53. The fourth-order valence-electron chi connectivity index (χ4n) is 2.65. The van der Waals surface area contributed by atoms with E-state index < -0.39 is 11.4 Å². The smallest absolute Gasteiger partial charge is 0.165 e. The fraction of sp³-hybridized carbons (Fsp3) is 0.600. The van der Waals surface area contributed by atoms with Crippen LogP contribution in [-0.2, 0) is 4.74 Å². The Labute approximate surface area is 120 Å². The number of methoxy groups -OCH3 is 1. The Morgan fingerprint density at radius 1 is 1.30 bits per heavy atom. The highest BCUT2D eigenvalue weighted by Crippen LogP contribution is 2.36. The van der Waals surface area contributed by atoms with Gasteiger partial charge in [0.1, 0.15) is 0 Å². The van der Waals surface area contributed by atoms with Crippen LogP contribution < -0.4 is 16.0 Å². The molecular weight excluding hydrogens is 259 g/mol. The van der Waals surface area contributed by atoms with Crippen LogP contribution in [0.4, 0.5) is 4.39 Å². The van der Waals surface area contributed by atoms with Gasteiger partial charge in [-0.3, -0.25) is 11.3 Å². The first-order valence-electron chi connectivity index (χ1n) is 7.02. The third-order valence-corrected chi connectivity index (χ3v) is 3.83. The molecule has 0 aromatic heterocycles. The van der Waals surface area contributed by atoms with Crippen molar-refractivity contribution in [2.75, 3.05) is 13.7 Å². The van der Waals surface area contributed by atoms with Crippen LogP contribution in [0.25, 0.3) is 0 Å². The molecule has 0 aliphatic rings. The number of halogens is 1. The molecule has 0 saturated carbocycles. The number of hydrazine groups is 1. The van der Waals surface area contributed by atoms with Gasteiger partial charge in [0.2, 0.25) is 0 Å². The largest absolute Gasteiger partial charge is 0.494 e. The van der Waals surface area contributed by atoms with Gasteiger partial charge in [0.05, 0.1) is 18.8 Å². The summed E-state index contributed by atoms with van der Waals surface area (Å²) in [6.07, 6.45) is 1.56. The molecule has 0 bridgehead atoms. The maximum absolute atomic E-state index is 13.9. The minimum absolute atomic E-state index is 0.222. The highest BCUT2D eigenvalue weighted by molar-refractivity contribution is 5.32. The predicted molar refractivity (Wildman–Crippen MR) is 78.0 cm³/mol. The summed E-state index contributed by atoms with van der Waals surface area (Å²) in [5.41, 5.74) is 3.08. The van der Waals surface area contributed by atoms with Crippen LogP contribution >= 0.6 is 0 Å². The van der Waals surface area contributed by atoms with Crippen molar-refractivity contribution >= 4 is 0 Å². The number of hydrogen-bond donors (Lipinski definition) is 2. The lowest BCUT2D eigenvalue weighted by atomic mass is 9.84. The van der Waals surface area contributed by atoms with Crippen molar-refractivity contribution in [3.05, 3.63) is 29.6 Å². The van der Waals surface area contributed by atoms with Gasteiger partial charge in [0, 0.05) is 6.61 Å². The van der Waals surface area contributed by atoms with Crippen LogP contribution in [0.5, 0.6) is 5.75 Å². The quantitative estimate of drug-likeness (QED) is 0.569. The third kappa shape index (κ3) is 3.29. The summed E-state index contributed by atoms with van der Waals surface area (Å²) in [4.78, 5) is 0. The summed E-state index contributed by atoms with van der Waals surface area (Å²) >= 11 is 0. The first kappa shape index (κ1) is 16.9. The van der Waals surface area contributed by atoms with Gasteiger partial charge in [-0.1, -0.05) is 19.9 Å². The van der Waals surface area contributed by atoms with Crippen LogP contribution in [0.2, 0.25) is 0 Å². The van der Waals surface area contributed by atoms with E-state index in [9.17, 15) is 4.39 Å². The van der Waals surface area contributed by atoms with Crippen LogP contribution in [0.3, 0.4) is 0 Å². The Morgan fingerprint density at radius 2 is 1.95 bits per heavy atom. The SMILES string of the molecule is CCOC(CC)(CC)C(NN)c1ccc(OC)c(F)c1. The molecule has 0 aliphatic heterocycles.